The molecule has 2 fully saturated rings. The molecular formula is C29H50N2O21. The molecule has 0 saturated carbocycles. The zero-order valence-corrected chi connectivity index (χ0v) is 28.4. The molecule has 6 unspecified atom stereocenters. The van der Waals surface area contributed by atoms with Crippen LogP contribution in [-0.4, -0.2) is 198 Å². The van der Waals surface area contributed by atoms with Crippen molar-refractivity contribution in [1.29, 1.82) is 0 Å². The van der Waals surface area contributed by atoms with Gasteiger partial charge in [0.15, 0.2) is 30.4 Å². The van der Waals surface area contributed by atoms with Crippen molar-refractivity contribution in [2.24, 2.45) is 0 Å². The Hall–Kier alpha value is -2.82. The van der Waals surface area contributed by atoms with Gasteiger partial charge in [-0.1, -0.05) is 0 Å². The molecule has 0 aromatic carbocycles. The number of carbonyl (C=O) groups is 2. The van der Waals surface area contributed by atoms with Gasteiger partial charge in [0.2, 0.25) is 18.1 Å². The molecule has 2 aliphatic heterocycles. The molecular weight excluding hydrogens is 712 g/mol. The molecule has 23 nitrogen and oxygen atoms in total. The van der Waals surface area contributed by atoms with Crippen molar-refractivity contribution in [3.8, 4) is 0 Å². The zero-order valence-electron chi connectivity index (χ0n) is 28.4. The van der Waals surface area contributed by atoms with Gasteiger partial charge in [-0.15, -0.1) is 0 Å². The second-order valence-electron chi connectivity index (χ2n) is 11.7. The van der Waals surface area contributed by atoms with Crippen molar-refractivity contribution in [2.75, 3.05) is 33.5 Å². The Morgan fingerprint density at radius 2 is 1.31 bits per heavy atom. The van der Waals surface area contributed by atoms with Crippen LogP contribution in [0.2, 0.25) is 0 Å². The van der Waals surface area contributed by atoms with Crippen molar-refractivity contribution >= 4 is 11.8 Å². The minimum atomic E-state index is -2.46. The predicted octanol–water partition coefficient (Wildman–Crippen LogP) is -6.19. The number of methoxy groups -OCH3 is 1. The van der Waals surface area contributed by atoms with Crippen molar-refractivity contribution in [3.63, 3.8) is 0 Å². The molecule has 2 rings (SSSR count). The van der Waals surface area contributed by atoms with Crippen LogP contribution in [0.3, 0.4) is 0 Å². The molecule has 52 heavy (non-hydrogen) atoms. The Kier molecular flexibility index (Phi) is 18.5. The molecule has 2 saturated heterocycles. The number of aliphatic hydroxyl groups excluding tert-OH is 13. The van der Waals surface area contributed by atoms with E-state index in [0.29, 0.717) is 0 Å². The summed E-state index contributed by atoms with van der Waals surface area (Å²) in [5, 5.41) is 138. The van der Waals surface area contributed by atoms with Gasteiger partial charge in [-0.2, -0.15) is 0 Å². The Labute approximate surface area is 296 Å². The summed E-state index contributed by atoms with van der Waals surface area (Å²) in [5.41, 5.74) is -0.592. The van der Waals surface area contributed by atoms with Crippen LogP contribution >= 0.6 is 0 Å². The number of hydrogen-bond donors (Lipinski definition) is 15. The minimum Gasteiger partial charge on any atom is -0.507 e. The molecule has 14 atom stereocenters. The number of nitrogens with one attached hydrogen (secondary N) is 2. The average molecular weight is 763 g/mol. The van der Waals surface area contributed by atoms with E-state index in [1.807, 2.05) is 0 Å². The summed E-state index contributed by atoms with van der Waals surface area (Å²) in [6.45, 7) is -1.12. The molecule has 0 aromatic rings. The molecule has 15 N–H and O–H groups in total. The third-order valence-corrected chi connectivity index (χ3v) is 7.89. The van der Waals surface area contributed by atoms with Crippen LogP contribution in [0.15, 0.2) is 23.0 Å². The highest BCUT2D eigenvalue weighted by molar-refractivity contribution is 5.75. The lowest BCUT2D eigenvalue weighted by atomic mass is 9.95. The van der Waals surface area contributed by atoms with Gasteiger partial charge in [0, 0.05) is 47.0 Å². The van der Waals surface area contributed by atoms with E-state index in [-0.39, 0.29) is 0 Å². The van der Waals surface area contributed by atoms with Gasteiger partial charge in [0.1, 0.15) is 72.4 Å². The van der Waals surface area contributed by atoms with E-state index in [1.54, 1.807) is 0 Å². The zero-order chi connectivity index (χ0) is 39.4. The summed E-state index contributed by atoms with van der Waals surface area (Å²) in [6.07, 6.45) is -25.4. The van der Waals surface area contributed by atoms with Gasteiger partial charge in [-0.3, -0.25) is 9.59 Å². The van der Waals surface area contributed by atoms with Crippen LogP contribution in [0, 0.1) is 0 Å². The van der Waals surface area contributed by atoms with Crippen LogP contribution in [-0.2, 0) is 38.0 Å². The smallest absolute Gasteiger partial charge is 0.221 e. The van der Waals surface area contributed by atoms with Crippen LogP contribution in [0.25, 0.3) is 0 Å². The van der Waals surface area contributed by atoms with Gasteiger partial charge in [0.25, 0.3) is 0 Å². The maximum Gasteiger partial charge on any atom is 0.221 e. The van der Waals surface area contributed by atoms with E-state index in [1.165, 1.54) is 0 Å². The summed E-state index contributed by atoms with van der Waals surface area (Å²) in [7, 11) is 1.04. The highest BCUT2D eigenvalue weighted by atomic mass is 16.7. The van der Waals surface area contributed by atoms with Gasteiger partial charge < -0.3 is 105 Å². The number of hydrogen-bond acceptors (Lipinski definition) is 21. The molecule has 302 valence electrons. The fraction of sp³-hybridized carbons (Fsp3) is 0.793. The molecule has 23 heteroatoms. The summed E-state index contributed by atoms with van der Waals surface area (Å²) in [6, 6.07) is -1.70. The summed E-state index contributed by atoms with van der Waals surface area (Å²) in [4.78, 5) is 23.9. The summed E-state index contributed by atoms with van der Waals surface area (Å²) in [5.74, 6) is -4.94. The largest absolute Gasteiger partial charge is 0.507 e. The van der Waals surface area contributed by atoms with Crippen molar-refractivity contribution in [2.45, 2.75) is 113 Å². The molecule has 0 aromatic heterocycles. The van der Waals surface area contributed by atoms with Crippen LogP contribution in [0.5, 0.6) is 0 Å². The number of ether oxygens (including phenoxy) is 6. The SMILES string of the molecule is CO[C@H](O)/C(NC(C)=O)=C(/O)[C@@H](CCO)O[C@@H]1OC(CO)[C@H](O)C(O[C@@H]2OC(CO)[C@@H](O[C@H](O)/C(O)=C(/O)[C@@H](O)CCO)C(O)C2NC(C)=O)C1O. The monoisotopic (exact) mass is 762 g/mol. The molecule has 2 amide bonds. The van der Waals surface area contributed by atoms with Crippen molar-refractivity contribution in [3.05, 3.63) is 23.0 Å². The highest BCUT2D eigenvalue weighted by Crippen LogP contribution is 2.32. The molecule has 0 bridgehead atoms. The van der Waals surface area contributed by atoms with Crippen molar-refractivity contribution in [1.82, 2.24) is 10.6 Å². The molecule has 2 aliphatic rings. The van der Waals surface area contributed by atoms with E-state index >= 15 is 0 Å². The Morgan fingerprint density at radius 3 is 1.83 bits per heavy atom. The Morgan fingerprint density at radius 1 is 0.712 bits per heavy atom. The lowest BCUT2D eigenvalue weighted by molar-refractivity contribution is -0.357. The fourth-order valence-electron chi connectivity index (χ4n) is 5.27. The lowest BCUT2D eigenvalue weighted by Crippen LogP contribution is -2.68. The Bertz CT molecular complexity index is 1210. The van der Waals surface area contributed by atoms with E-state index in [0.717, 1.165) is 21.0 Å². The first-order valence-electron chi connectivity index (χ1n) is 15.9. The fourth-order valence-corrected chi connectivity index (χ4v) is 5.27. The third kappa shape index (κ3) is 11.6. The first-order chi connectivity index (χ1) is 24.5. The topological polar surface area (TPSA) is 377 Å². The first-order valence-corrected chi connectivity index (χ1v) is 15.9. The number of amides is 2. The summed E-state index contributed by atoms with van der Waals surface area (Å²) < 4.78 is 32.6. The van der Waals surface area contributed by atoms with Gasteiger partial charge in [0.05, 0.1) is 13.2 Å². The van der Waals surface area contributed by atoms with E-state index in [9.17, 15) is 70.9 Å². The normalized spacial score (nSPS) is 32.9. The summed E-state index contributed by atoms with van der Waals surface area (Å²) >= 11 is 0. The van der Waals surface area contributed by atoms with E-state index < -0.39 is 160 Å². The maximum absolute atomic E-state index is 12.2. The van der Waals surface area contributed by atoms with Crippen LogP contribution in [0.4, 0.5) is 0 Å². The van der Waals surface area contributed by atoms with Gasteiger partial charge in [-0.05, 0) is 0 Å². The molecule has 0 aliphatic carbocycles. The first kappa shape index (κ1) is 45.3. The predicted molar refractivity (Wildman–Crippen MR) is 166 cm³/mol. The number of rotatable bonds is 19. The quantitative estimate of drug-likeness (QED) is 0.0430. The Balaban J connectivity index is 2.45. The molecule has 0 spiro atoms. The second-order valence-corrected chi connectivity index (χ2v) is 11.7. The maximum atomic E-state index is 12.2. The van der Waals surface area contributed by atoms with Crippen molar-refractivity contribution < 1.29 is 104 Å². The minimum absolute atomic E-state index is 0.438. The average Bonchev–Trinajstić information content (AvgIpc) is 3.10. The standard InChI is InChI=1S/C29H50N2O21/c1-10(36)30-16(26(45)47-3)19(40)13(5-7-33)48-29-23(44)25(20(41)14(8-34)49-29)52-28-17(31-11(2)37)21(42)24(15(9-35)50-28)51-27(46)22(43)18(39)12(38)4-6-32/h12-15,17,20-21,23-29,32-35,38-46H,4-9H2,1-3H3,(H,30,36)(H,31,37)/b19-16-,22-18-/t12-,13+,14?,15?,17?,20-,21?,23?,24+,25?,26-,27-,28-,29+/m0/s1. The molecule has 2 heterocycles. The van der Waals surface area contributed by atoms with E-state index in [4.69, 9.17) is 33.5 Å². The van der Waals surface area contributed by atoms with Crippen LogP contribution in [0.1, 0.15) is 26.7 Å². The van der Waals surface area contributed by atoms with E-state index in [2.05, 4.69) is 10.6 Å². The highest BCUT2D eigenvalue weighted by Gasteiger charge is 2.53. The third-order valence-electron chi connectivity index (χ3n) is 7.89. The second kappa shape index (κ2) is 21.2. The lowest BCUT2D eigenvalue weighted by Gasteiger charge is -2.48. The van der Waals surface area contributed by atoms with Crippen LogP contribution < -0.4 is 10.6 Å². The number of aliphatic hydroxyl groups is 13. The van der Waals surface area contributed by atoms with Gasteiger partial charge in [-0.25, -0.2) is 0 Å². The van der Waals surface area contributed by atoms with Gasteiger partial charge >= 0.3 is 0 Å². The number of carbonyl (C=O) groups excluding carboxylic acids is 2. The molecule has 0 radical (unpaired) electrons.